The average molecular weight is 325 g/mol. The molecule has 0 spiro atoms. The number of benzene rings is 1. The lowest BCUT2D eigenvalue weighted by Gasteiger charge is -2.27. The van der Waals surface area contributed by atoms with Gasteiger partial charge in [0.25, 0.3) is 0 Å². The van der Waals surface area contributed by atoms with Gasteiger partial charge in [0.05, 0.1) is 6.04 Å². The molecular formula is C15H21ClN4O2. The van der Waals surface area contributed by atoms with Gasteiger partial charge in [0.15, 0.2) is 0 Å². The zero-order valence-corrected chi connectivity index (χ0v) is 13.0. The van der Waals surface area contributed by atoms with Gasteiger partial charge in [-0.25, -0.2) is 5.43 Å². The molecule has 0 amide bonds. The molecule has 7 heteroatoms. The van der Waals surface area contributed by atoms with Crippen molar-refractivity contribution in [3.8, 4) is 0 Å². The van der Waals surface area contributed by atoms with Crippen LogP contribution in [0.25, 0.3) is 0 Å². The van der Waals surface area contributed by atoms with Crippen molar-refractivity contribution in [1.82, 2.24) is 15.8 Å². The van der Waals surface area contributed by atoms with Gasteiger partial charge in [0, 0.05) is 36.6 Å². The lowest BCUT2D eigenvalue weighted by Crippen LogP contribution is -2.41. The highest BCUT2D eigenvalue weighted by Gasteiger charge is 2.38. The van der Waals surface area contributed by atoms with E-state index in [0.717, 1.165) is 12.1 Å². The van der Waals surface area contributed by atoms with Crippen LogP contribution in [0.2, 0.25) is 5.02 Å². The molecule has 22 heavy (non-hydrogen) atoms. The second-order valence-corrected chi connectivity index (χ2v) is 6.55. The summed E-state index contributed by atoms with van der Waals surface area (Å²) < 4.78 is 0. The van der Waals surface area contributed by atoms with Crippen molar-refractivity contribution in [1.29, 1.82) is 0 Å². The van der Waals surface area contributed by atoms with Crippen LogP contribution in [0.1, 0.15) is 18.0 Å². The Bertz CT molecular complexity index is 539. The number of nitrogens with zero attached hydrogens (tertiary/aromatic N) is 1. The van der Waals surface area contributed by atoms with Crippen LogP contribution in [-0.2, 0) is 4.79 Å². The van der Waals surface area contributed by atoms with Crippen molar-refractivity contribution in [2.75, 3.05) is 19.6 Å². The minimum Gasteiger partial charge on any atom is -0.480 e. The van der Waals surface area contributed by atoms with E-state index in [1.54, 1.807) is 0 Å². The lowest BCUT2D eigenvalue weighted by molar-refractivity contribution is -0.142. The van der Waals surface area contributed by atoms with Crippen LogP contribution in [0.4, 0.5) is 0 Å². The molecule has 1 aromatic carbocycles. The number of hydrogen-bond donors (Lipinski definition) is 4. The van der Waals surface area contributed by atoms with Crippen molar-refractivity contribution < 1.29 is 9.90 Å². The molecule has 3 rings (SSSR count). The summed E-state index contributed by atoms with van der Waals surface area (Å²) in [7, 11) is 0. The molecule has 2 fully saturated rings. The molecule has 0 radical (unpaired) electrons. The van der Waals surface area contributed by atoms with Crippen LogP contribution in [-0.4, -0.2) is 47.7 Å². The molecule has 0 aromatic heterocycles. The summed E-state index contributed by atoms with van der Waals surface area (Å²) in [6.45, 7) is 2.14. The molecule has 6 nitrogen and oxygen atoms in total. The molecule has 2 heterocycles. The Hall–Kier alpha value is -1.18. The van der Waals surface area contributed by atoms with Crippen LogP contribution >= 0.6 is 11.6 Å². The van der Waals surface area contributed by atoms with Gasteiger partial charge in [-0.05, 0) is 24.1 Å². The van der Waals surface area contributed by atoms with Crippen molar-refractivity contribution >= 4 is 17.6 Å². The first-order valence-corrected chi connectivity index (χ1v) is 7.88. The largest absolute Gasteiger partial charge is 0.480 e. The number of nitrogens with one attached hydrogen (secondary N) is 2. The molecule has 0 aliphatic carbocycles. The van der Waals surface area contributed by atoms with E-state index < -0.39 is 12.0 Å². The number of halogens is 1. The Morgan fingerprint density at radius 2 is 2.14 bits per heavy atom. The highest BCUT2D eigenvalue weighted by molar-refractivity contribution is 6.30. The summed E-state index contributed by atoms with van der Waals surface area (Å²) in [6, 6.07) is 7.37. The zero-order valence-electron chi connectivity index (χ0n) is 12.2. The van der Waals surface area contributed by atoms with Crippen molar-refractivity contribution in [3.05, 3.63) is 34.9 Å². The number of rotatable bonds is 4. The third kappa shape index (κ3) is 3.26. The summed E-state index contributed by atoms with van der Waals surface area (Å²) in [5.74, 6) is -0.497. The quantitative estimate of drug-likeness (QED) is 0.648. The Morgan fingerprint density at radius 1 is 1.41 bits per heavy atom. The third-order valence-electron chi connectivity index (χ3n) is 4.51. The summed E-state index contributed by atoms with van der Waals surface area (Å²) in [6.07, 6.45) is 0.522. The summed E-state index contributed by atoms with van der Waals surface area (Å²) in [4.78, 5) is 13.4. The summed E-state index contributed by atoms with van der Waals surface area (Å²) >= 11 is 5.94. The van der Waals surface area contributed by atoms with Gasteiger partial charge in [-0.15, -0.1) is 0 Å². The van der Waals surface area contributed by atoms with Gasteiger partial charge in [-0.1, -0.05) is 23.7 Å². The van der Waals surface area contributed by atoms with Crippen molar-refractivity contribution in [2.24, 2.45) is 11.7 Å². The highest BCUT2D eigenvalue weighted by Crippen LogP contribution is 2.29. The van der Waals surface area contributed by atoms with Gasteiger partial charge >= 0.3 is 5.97 Å². The van der Waals surface area contributed by atoms with Crippen LogP contribution in [0.15, 0.2) is 24.3 Å². The number of carboxylic acids is 1. The molecular weight excluding hydrogens is 304 g/mol. The fraction of sp³-hybridized carbons (Fsp3) is 0.533. The highest BCUT2D eigenvalue weighted by atomic mass is 35.5. The number of likely N-dealkylation sites (tertiary alicyclic amines) is 1. The number of hydrazine groups is 1. The van der Waals surface area contributed by atoms with Gasteiger partial charge in [0.1, 0.15) is 6.04 Å². The molecule has 1 aromatic rings. The Kier molecular flexibility index (Phi) is 4.65. The standard InChI is InChI=1S/C15H21ClN4O2/c16-11-3-1-9(2-4-11)14-10(6-18-19-14)7-20-8-12(17)5-13(20)15(21)22/h1-4,10,12-14,18-19H,5-8,17H2,(H,21,22)/t10?,12-,13-,14?/m0/s1. The van der Waals surface area contributed by atoms with E-state index in [9.17, 15) is 9.90 Å². The van der Waals surface area contributed by atoms with E-state index in [4.69, 9.17) is 17.3 Å². The second kappa shape index (κ2) is 6.52. The summed E-state index contributed by atoms with van der Waals surface area (Å²) in [5.41, 5.74) is 13.5. The molecule has 0 bridgehead atoms. The average Bonchev–Trinajstić information content (AvgIpc) is 3.07. The maximum atomic E-state index is 11.4. The fourth-order valence-corrected chi connectivity index (χ4v) is 3.56. The monoisotopic (exact) mass is 324 g/mol. The number of aliphatic carboxylic acids is 1. The zero-order chi connectivity index (χ0) is 15.7. The second-order valence-electron chi connectivity index (χ2n) is 6.12. The van der Waals surface area contributed by atoms with Crippen LogP contribution in [0.5, 0.6) is 0 Å². The maximum Gasteiger partial charge on any atom is 0.320 e. The predicted molar refractivity (Wildman–Crippen MR) is 84.4 cm³/mol. The Morgan fingerprint density at radius 3 is 2.82 bits per heavy atom. The molecule has 5 N–H and O–H groups in total. The van der Waals surface area contributed by atoms with E-state index in [2.05, 4.69) is 10.9 Å². The molecule has 2 aliphatic rings. The van der Waals surface area contributed by atoms with Gasteiger partial charge in [-0.3, -0.25) is 15.1 Å². The van der Waals surface area contributed by atoms with Gasteiger partial charge in [-0.2, -0.15) is 0 Å². The van der Waals surface area contributed by atoms with Crippen LogP contribution in [0, 0.1) is 5.92 Å². The van der Waals surface area contributed by atoms with E-state index in [0.29, 0.717) is 24.5 Å². The fourth-order valence-electron chi connectivity index (χ4n) is 3.43. The Balaban J connectivity index is 1.71. The van der Waals surface area contributed by atoms with E-state index >= 15 is 0 Å². The first kappa shape index (κ1) is 15.7. The van der Waals surface area contributed by atoms with Crippen LogP contribution in [0.3, 0.4) is 0 Å². The lowest BCUT2D eigenvalue weighted by atomic mass is 9.94. The number of carbonyl (C=O) groups is 1. The molecule has 120 valence electrons. The third-order valence-corrected chi connectivity index (χ3v) is 4.76. The van der Waals surface area contributed by atoms with E-state index in [1.807, 2.05) is 29.2 Å². The Labute approximate surface area is 134 Å². The first-order chi connectivity index (χ1) is 10.5. The predicted octanol–water partition coefficient (Wildman–Crippen LogP) is 0.591. The van der Waals surface area contributed by atoms with Gasteiger partial charge in [0.2, 0.25) is 0 Å². The normalized spacial score (nSPS) is 32.5. The first-order valence-electron chi connectivity index (χ1n) is 7.51. The molecule has 4 atom stereocenters. The van der Waals surface area contributed by atoms with E-state index in [1.165, 1.54) is 0 Å². The van der Waals surface area contributed by atoms with E-state index in [-0.39, 0.29) is 18.0 Å². The van der Waals surface area contributed by atoms with Crippen molar-refractivity contribution in [3.63, 3.8) is 0 Å². The smallest absolute Gasteiger partial charge is 0.320 e. The maximum absolute atomic E-state index is 11.4. The SMILES string of the molecule is N[C@H]1C[C@@H](C(=O)O)N(CC2CNNC2c2ccc(Cl)cc2)C1. The van der Waals surface area contributed by atoms with Crippen molar-refractivity contribution in [2.45, 2.75) is 24.5 Å². The number of hydrogen-bond acceptors (Lipinski definition) is 5. The molecule has 2 aliphatic heterocycles. The summed E-state index contributed by atoms with van der Waals surface area (Å²) in [5, 5.41) is 10.1. The van der Waals surface area contributed by atoms with Crippen LogP contribution < -0.4 is 16.6 Å². The minimum absolute atomic E-state index is 0.0580. The van der Waals surface area contributed by atoms with Gasteiger partial charge < -0.3 is 10.8 Å². The minimum atomic E-state index is -0.782. The molecule has 2 saturated heterocycles. The topological polar surface area (TPSA) is 90.6 Å². The number of nitrogens with two attached hydrogens (primary N) is 1. The molecule has 2 unspecified atom stereocenters. The molecule has 0 saturated carbocycles. The number of carboxylic acid groups (broad SMARTS) is 1.